The first kappa shape index (κ1) is 22.2. The topological polar surface area (TPSA) is 53.4 Å². The number of aromatic nitrogens is 2. The summed E-state index contributed by atoms with van der Waals surface area (Å²) in [6.45, 7) is 6.40. The number of carbonyl (C=O) groups is 1. The molecule has 168 valence electrons. The molecule has 6 nitrogen and oxygen atoms in total. The average molecular weight is 436 g/mol. The molecule has 1 N–H and O–H groups in total. The van der Waals surface area contributed by atoms with Gasteiger partial charge in [-0.1, -0.05) is 48.5 Å². The quantitative estimate of drug-likeness (QED) is 0.562. The fourth-order valence-electron chi connectivity index (χ4n) is 4.04. The molecule has 2 aromatic carbocycles. The maximum Gasteiger partial charge on any atom is 0.221 e. The number of hydrogen-bond acceptors (Lipinski definition) is 4. The number of nitrogens with zero attached hydrogens (tertiary/aromatic N) is 4. The second-order valence-corrected chi connectivity index (χ2v) is 8.12. The van der Waals surface area contributed by atoms with Gasteiger partial charge >= 0.3 is 0 Å². The zero-order chi connectivity index (χ0) is 22.2. The maximum absolute atomic E-state index is 13.8. The van der Waals surface area contributed by atoms with Gasteiger partial charge in [0, 0.05) is 82.3 Å². The number of aryl methyl sites for hydroxylation is 1. The third kappa shape index (κ3) is 6.02. The molecule has 0 bridgehead atoms. The number of nitrogens with one attached hydrogen (secondary N) is 1. The van der Waals surface area contributed by atoms with Crippen LogP contribution in [0.2, 0.25) is 0 Å². The number of halogens is 1. The lowest BCUT2D eigenvalue weighted by Gasteiger charge is -2.34. The summed E-state index contributed by atoms with van der Waals surface area (Å²) in [5.74, 6) is 0.798. The molecule has 1 amide bonds. The van der Waals surface area contributed by atoms with E-state index < -0.39 is 0 Å². The molecule has 7 heteroatoms. The molecule has 3 aromatic rings. The normalized spacial score (nSPS) is 15.0. The molecule has 1 aromatic heterocycles. The van der Waals surface area contributed by atoms with Crippen molar-refractivity contribution in [1.82, 2.24) is 24.7 Å². The number of rotatable bonds is 9. The number of carbonyl (C=O) groups excluding carboxylic acids is 1. The summed E-state index contributed by atoms with van der Waals surface area (Å²) in [7, 11) is 0. The first-order valence-corrected chi connectivity index (χ1v) is 11.2. The predicted octanol–water partition coefficient (Wildman–Crippen LogP) is 3.01. The third-order valence-electron chi connectivity index (χ3n) is 5.89. The Kier molecular flexibility index (Phi) is 7.64. The van der Waals surface area contributed by atoms with Crippen LogP contribution in [0.25, 0.3) is 11.4 Å². The van der Waals surface area contributed by atoms with E-state index in [1.807, 2.05) is 53.2 Å². The van der Waals surface area contributed by atoms with E-state index in [2.05, 4.69) is 20.1 Å². The molecule has 1 saturated heterocycles. The molecule has 1 aliphatic heterocycles. The lowest BCUT2D eigenvalue weighted by molar-refractivity contribution is -0.121. The van der Waals surface area contributed by atoms with Crippen LogP contribution in [0.3, 0.4) is 0 Å². The van der Waals surface area contributed by atoms with Crippen molar-refractivity contribution in [3.8, 4) is 11.4 Å². The largest absolute Gasteiger partial charge is 0.355 e. The van der Waals surface area contributed by atoms with Gasteiger partial charge in [0.15, 0.2) is 0 Å². The van der Waals surface area contributed by atoms with E-state index in [9.17, 15) is 9.18 Å². The summed E-state index contributed by atoms with van der Waals surface area (Å²) in [5, 5.41) is 3.03. The van der Waals surface area contributed by atoms with Crippen LogP contribution in [0.15, 0.2) is 67.0 Å². The summed E-state index contributed by atoms with van der Waals surface area (Å²) >= 11 is 0. The minimum Gasteiger partial charge on any atom is -0.355 e. The van der Waals surface area contributed by atoms with Gasteiger partial charge in [-0.05, 0) is 6.07 Å². The standard InChI is InChI=1S/C25H30FN5O/c26-23-9-5-4-8-22(23)20-30-18-16-29(17-19-30)14-11-27-24(32)10-13-31-15-12-28-25(31)21-6-2-1-3-7-21/h1-9,12,15H,10-11,13-14,16-20H2,(H,27,32). The van der Waals surface area contributed by atoms with Gasteiger partial charge in [-0.2, -0.15) is 0 Å². The van der Waals surface area contributed by atoms with Crippen molar-refractivity contribution in [3.05, 3.63) is 78.4 Å². The van der Waals surface area contributed by atoms with Crippen LogP contribution in [-0.2, 0) is 17.9 Å². The molecule has 2 heterocycles. The van der Waals surface area contributed by atoms with Crippen molar-refractivity contribution in [2.45, 2.75) is 19.5 Å². The summed E-state index contributed by atoms with van der Waals surface area (Å²) < 4.78 is 15.9. The molecule has 0 aliphatic carbocycles. The zero-order valence-corrected chi connectivity index (χ0v) is 18.3. The van der Waals surface area contributed by atoms with Crippen LogP contribution in [0, 0.1) is 5.82 Å². The Morgan fingerprint density at radius 3 is 2.44 bits per heavy atom. The highest BCUT2D eigenvalue weighted by Gasteiger charge is 2.18. The Morgan fingerprint density at radius 2 is 1.66 bits per heavy atom. The van der Waals surface area contributed by atoms with E-state index in [-0.39, 0.29) is 11.7 Å². The molecule has 4 rings (SSSR count). The SMILES string of the molecule is O=C(CCn1ccnc1-c1ccccc1)NCCN1CCN(Cc2ccccc2F)CC1. The van der Waals surface area contributed by atoms with E-state index in [1.165, 1.54) is 6.07 Å². The second-order valence-electron chi connectivity index (χ2n) is 8.12. The van der Waals surface area contributed by atoms with E-state index in [0.717, 1.165) is 49.7 Å². The van der Waals surface area contributed by atoms with Crippen molar-refractivity contribution in [2.75, 3.05) is 39.3 Å². The van der Waals surface area contributed by atoms with Gasteiger partial charge in [0.1, 0.15) is 11.6 Å². The summed E-state index contributed by atoms with van der Waals surface area (Å²) in [5.41, 5.74) is 1.80. The fraction of sp³-hybridized carbons (Fsp3) is 0.360. The smallest absolute Gasteiger partial charge is 0.221 e. The lowest BCUT2D eigenvalue weighted by atomic mass is 10.2. The minimum atomic E-state index is -0.135. The van der Waals surface area contributed by atoms with Crippen molar-refractivity contribution < 1.29 is 9.18 Å². The Bertz CT molecular complexity index is 998. The van der Waals surface area contributed by atoms with E-state index in [0.29, 0.717) is 26.1 Å². The number of hydrogen-bond donors (Lipinski definition) is 1. The number of benzene rings is 2. The lowest BCUT2D eigenvalue weighted by Crippen LogP contribution is -2.48. The van der Waals surface area contributed by atoms with Gasteiger partial charge < -0.3 is 9.88 Å². The van der Waals surface area contributed by atoms with Crippen LogP contribution < -0.4 is 5.32 Å². The van der Waals surface area contributed by atoms with Crippen molar-refractivity contribution in [3.63, 3.8) is 0 Å². The monoisotopic (exact) mass is 435 g/mol. The fourth-order valence-corrected chi connectivity index (χ4v) is 4.04. The molecule has 0 atom stereocenters. The van der Waals surface area contributed by atoms with Crippen molar-refractivity contribution in [1.29, 1.82) is 0 Å². The first-order valence-electron chi connectivity index (χ1n) is 11.2. The number of piperazine rings is 1. The highest BCUT2D eigenvalue weighted by molar-refractivity contribution is 5.75. The zero-order valence-electron chi connectivity index (χ0n) is 18.3. The van der Waals surface area contributed by atoms with E-state index >= 15 is 0 Å². The van der Waals surface area contributed by atoms with Crippen LogP contribution in [0.5, 0.6) is 0 Å². The van der Waals surface area contributed by atoms with Crippen molar-refractivity contribution in [2.24, 2.45) is 0 Å². The van der Waals surface area contributed by atoms with Gasteiger partial charge in [0.05, 0.1) is 0 Å². The first-order chi connectivity index (χ1) is 15.7. The van der Waals surface area contributed by atoms with Crippen molar-refractivity contribution >= 4 is 5.91 Å². The van der Waals surface area contributed by atoms with Crippen LogP contribution in [0.4, 0.5) is 4.39 Å². The molecule has 32 heavy (non-hydrogen) atoms. The average Bonchev–Trinajstić information content (AvgIpc) is 3.30. The predicted molar refractivity (Wildman–Crippen MR) is 123 cm³/mol. The van der Waals surface area contributed by atoms with Crippen LogP contribution in [0.1, 0.15) is 12.0 Å². The molecule has 1 aliphatic rings. The summed E-state index contributed by atoms with van der Waals surface area (Å²) in [6, 6.07) is 17.0. The van der Waals surface area contributed by atoms with Gasteiger partial charge in [0.25, 0.3) is 0 Å². The van der Waals surface area contributed by atoms with E-state index in [1.54, 1.807) is 12.3 Å². The highest BCUT2D eigenvalue weighted by atomic mass is 19.1. The molecular weight excluding hydrogens is 405 g/mol. The Balaban J connectivity index is 1.14. The van der Waals surface area contributed by atoms with Crippen LogP contribution in [-0.4, -0.2) is 64.5 Å². The van der Waals surface area contributed by atoms with Crippen LogP contribution >= 0.6 is 0 Å². The van der Waals surface area contributed by atoms with Gasteiger partial charge in [-0.15, -0.1) is 0 Å². The number of imidazole rings is 1. The van der Waals surface area contributed by atoms with Gasteiger partial charge in [-0.3, -0.25) is 14.6 Å². The van der Waals surface area contributed by atoms with E-state index in [4.69, 9.17) is 0 Å². The Labute approximate surface area is 188 Å². The Hall–Kier alpha value is -3.03. The molecule has 1 fully saturated rings. The molecule has 0 spiro atoms. The molecule has 0 unspecified atom stereocenters. The second kappa shape index (κ2) is 11.0. The summed E-state index contributed by atoms with van der Waals surface area (Å²) in [4.78, 5) is 21.4. The van der Waals surface area contributed by atoms with Gasteiger partial charge in [0.2, 0.25) is 5.91 Å². The van der Waals surface area contributed by atoms with Gasteiger partial charge in [-0.25, -0.2) is 9.37 Å². The summed E-state index contributed by atoms with van der Waals surface area (Å²) in [6.07, 6.45) is 4.11. The molecular formula is C25H30FN5O. The molecule has 0 radical (unpaired) electrons. The molecule has 0 saturated carbocycles. The third-order valence-corrected chi connectivity index (χ3v) is 5.89. The highest BCUT2D eigenvalue weighted by Crippen LogP contribution is 2.17. The minimum absolute atomic E-state index is 0.0518. The Morgan fingerprint density at radius 1 is 0.938 bits per heavy atom. The maximum atomic E-state index is 13.8. The number of amides is 1.